The lowest BCUT2D eigenvalue weighted by atomic mass is 10.1. The highest BCUT2D eigenvalue weighted by atomic mass is 16.5. The first kappa shape index (κ1) is 48.5. The molecule has 294 valence electrons. The molecule has 0 aliphatic rings. The second kappa shape index (κ2) is 38.8. The number of nitrogens with one attached hydrogen (secondary N) is 1. The van der Waals surface area contributed by atoms with E-state index < -0.39 is 12.0 Å². The van der Waals surface area contributed by atoms with Crippen LogP contribution >= 0.6 is 0 Å². The molecule has 0 aromatic carbocycles. The lowest BCUT2D eigenvalue weighted by Crippen LogP contribution is -2.40. The zero-order valence-electron chi connectivity index (χ0n) is 32.9. The first-order chi connectivity index (χ1) is 25.4. The summed E-state index contributed by atoms with van der Waals surface area (Å²) in [5.41, 5.74) is 5.49. The number of carbonyl (C=O) groups is 3. The number of amides is 1. The molecule has 0 bridgehead atoms. The Labute approximate surface area is 317 Å². The van der Waals surface area contributed by atoms with Crippen LogP contribution in [0.4, 0.5) is 0 Å². The SMILES string of the molecule is CC/C=C\C/C=C\C/C=C\C/C=C\C/C=C\C(CCCCC(=O)NC(CCCN)C(=O)O)OC(=O)CCCCCCC/C=C\C/C=C\CCCCC. The summed E-state index contributed by atoms with van der Waals surface area (Å²) >= 11 is 0. The van der Waals surface area contributed by atoms with Crippen molar-refractivity contribution in [2.45, 2.75) is 174 Å². The van der Waals surface area contributed by atoms with Gasteiger partial charge in [-0.3, -0.25) is 9.59 Å². The van der Waals surface area contributed by atoms with Crippen LogP contribution in [0.25, 0.3) is 0 Å². The molecule has 7 nitrogen and oxygen atoms in total. The van der Waals surface area contributed by atoms with Gasteiger partial charge in [-0.25, -0.2) is 4.79 Å². The van der Waals surface area contributed by atoms with Gasteiger partial charge in [0.05, 0.1) is 0 Å². The summed E-state index contributed by atoms with van der Waals surface area (Å²) in [6.45, 7) is 4.75. The van der Waals surface area contributed by atoms with Gasteiger partial charge in [0.15, 0.2) is 0 Å². The highest BCUT2D eigenvalue weighted by Gasteiger charge is 2.19. The van der Waals surface area contributed by atoms with Crippen molar-refractivity contribution in [1.82, 2.24) is 5.32 Å². The summed E-state index contributed by atoms with van der Waals surface area (Å²) in [6.07, 6.45) is 50.5. The number of hydrogen-bond acceptors (Lipinski definition) is 5. The molecule has 1 amide bonds. The topological polar surface area (TPSA) is 119 Å². The summed E-state index contributed by atoms with van der Waals surface area (Å²) in [4.78, 5) is 36.5. The van der Waals surface area contributed by atoms with Crippen LogP contribution in [-0.4, -0.2) is 41.6 Å². The monoisotopic (exact) mass is 723 g/mol. The van der Waals surface area contributed by atoms with Gasteiger partial charge in [-0.05, 0) is 115 Å². The van der Waals surface area contributed by atoms with Crippen LogP contribution < -0.4 is 11.1 Å². The molecule has 2 unspecified atom stereocenters. The Morgan fingerprint density at radius 1 is 0.596 bits per heavy atom. The third-order valence-corrected chi connectivity index (χ3v) is 8.43. The van der Waals surface area contributed by atoms with Crippen LogP contribution in [0.2, 0.25) is 0 Å². The van der Waals surface area contributed by atoms with Gasteiger partial charge in [0.1, 0.15) is 12.1 Å². The van der Waals surface area contributed by atoms with Gasteiger partial charge < -0.3 is 20.9 Å². The number of ether oxygens (including phenoxy) is 1. The molecule has 52 heavy (non-hydrogen) atoms. The third-order valence-electron chi connectivity index (χ3n) is 8.43. The van der Waals surface area contributed by atoms with Crippen LogP contribution in [0.5, 0.6) is 0 Å². The van der Waals surface area contributed by atoms with Gasteiger partial charge in [-0.1, -0.05) is 125 Å². The Morgan fingerprint density at radius 3 is 1.69 bits per heavy atom. The lowest BCUT2D eigenvalue weighted by Gasteiger charge is -2.16. The van der Waals surface area contributed by atoms with E-state index in [9.17, 15) is 19.5 Å². The molecule has 0 aliphatic carbocycles. The number of carbonyl (C=O) groups excluding carboxylic acids is 2. The van der Waals surface area contributed by atoms with Gasteiger partial charge in [-0.15, -0.1) is 0 Å². The van der Waals surface area contributed by atoms with Gasteiger partial charge in [0.2, 0.25) is 5.91 Å². The molecule has 4 N–H and O–H groups in total. The number of hydrogen-bond donors (Lipinski definition) is 3. The molecule has 0 rings (SSSR count). The number of carboxylic acid groups (broad SMARTS) is 1. The summed E-state index contributed by atoms with van der Waals surface area (Å²) in [7, 11) is 0. The second-order valence-electron chi connectivity index (χ2n) is 13.3. The van der Waals surface area contributed by atoms with Crippen LogP contribution in [0.1, 0.15) is 162 Å². The van der Waals surface area contributed by atoms with Crippen molar-refractivity contribution in [3.05, 3.63) is 85.1 Å². The molecular weight excluding hydrogens is 649 g/mol. The van der Waals surface area contributed by atoms with Crippen molar-refractivity contribution in [3.8, 4) is 0 Å². The fourth-order valence-electron chi connectivity index (χ4n) is 5.36. The standard InChI is InChI=1S/C45H74N2O5/c1-3-5-7-9-11-13-15-17-19-21-23-25-27-29-31-39-44(49)52-41(36-32-33-38-43(48)47-42(45(50)51)37-34-40-46)35-30-28-26-24-22-20-18-16-14-12-10-8-6-4-2/h6,8,11-14,17-20,24,26,30,35,41-42H,3-5,7,9-10,15-16,21-23,25,27-29,31-34,36-40,46H2,1-2H3,(H,47,48)(H,50,51)/b8-6-,13-11-,14-12-,19-17-,20-18-,26-24-,35-30-. The van der Waals surface area contributed by atoms with E-state index in [4.69, 9.17) is 10.5 Å². The van der Waals surface area contributed by atoms with E-state index in [2.05, 4.69) is 92.1 Å². The largest absolute Gasteiger partial charge is 0.480 e. The Balaban J connectivity index is 4.61. The minimum absolute atomic E-state index is 0.182. The molecule has 2 atom stereocenters. The zero-order valence-corrected chi connectivity index (χ0v) is 32.9. The molecule has 0 aliphatic heterocycles. The molecule has 0 spiro atoms. The van der Waals surface area contributed by atoms with E-state index in [1.807, 2.05) is 12.2 Å². The van der Waals surface area contributed by atoms with E-state index in [1.165, 1.54) is 38.5 Å². The van der Waals surface area contributed by atoms with E-state index in [1.54, 1.807) is 0 Å². The first-order valence-electron chi connectivity index (χ1n) is 20.4. The molecule has 0 aromatic rings. The van der Waals surface area contributed by atoms with E-state index in [0.717, 1.165) is 64.2 Å². The van der Waals surface area contributed by atoms with E-state index >= 15 is 0 Å². The maximum atomic E-state index is 12.7. The average Bonchev–Trinajstić information content (AvgIpc) is 3.13. The normalized spacial score (nSPS) is 13.6. The van der Waals surface area contributed by atoms with Crippen LogP contribution in [-0.2, 0) is 19.1 Å². The van der Waals surface area contributed by atoms with Crippen molar-refractivity contribution < 1.29 is 24.2 Å². The number of unbranched alkanes of at least 4 members (excludes halogenated alkanes) is 9. The van der Waals surface area contributed by atoms with Crippen molar-refractivity contribution >= 4 is 17.8 Å². The predicted octanol–water partition coefficient (Wildman–Crippen LogP) is 11.3. The van der Waals surface area contributed by atoms with E-state index in [-0.39, 0.29) is 24.4 Å². The number of carboxylic acids is 1. The Bertz CT molecular complexity index is 1090. The number of nitrogens with two attached hydrogens (primary N) is 1. The molecule has 0 saturated heterocycles. The molecule has 0 saturated carbocycles. The van der Waals surface area contributed by atoms with Crippen LogP contribution in [0.15, 0.2) is 85.1 Å². The number of rotatable bonds is 35. The number of esters is 1. The maximum Gasteiger partial charge on any atom is 0.326 e. The maximum absolute atomic E-state index is 12.7. The Morgan fingerprint density at radius 2 is 1.12 bits per heavy atom. The van der Waals surface area contributed by atoms with Crippen LogP contribution in [0, 0.1) is 0 Å². The fraction of sp³-hybridized carbons (Fsp3) is 0.622. The third kappa shape index (κ3) is 35.0. The highest BCUT2D eigenvalue weighted by molar-refractivity contribution is 5.83. The van der Waals surface area contributed by atoms with Gasteiger partial charge in [0, 0.05) is 12.8 Å². The van der Waals surface area contributed by atoms with Crippen molar-refractivity contribution in [2.24, 2.45) is 5.73 Å². The molecule has 0 radical (unpaired) electrons. The first-order valence-corrected chi connectivity index (χ1v) is 20.4. The quantitative estimate of drug-likeness (QED) is 0.0340. The molecule has 0 fully saturated rings. The number of aliphatic carboxylic acids is 1. The van der Waals surface area contributed by atoms with Crippen LogP contribution in [0.3, 0.4) is 0 Å². The summed E-state index contributed by atoms with van der Waals surface area (Å²) in [5, 5.41) is 12.0. The summed E-state index contributed by atoms with van der Waals surface area (Å²) in [5.74, 6) is -1.51. The lowest BCUT2D eigenvalue weighted by molar-refractivity contribution is -0.147. The molecule has 7 heteroatoms. The smallest absolute Gasteiger partial charge is 0.326 e. The Hall–Kier alpha value is -3.45. The summed E-state index contributed by atoms with van der Waals surface area (Å²) < 4.78 is 5.85. The minimum atomic E-state index is -1.05. The highest BCUT2D eigenvalue weighted by Crippen LogP contribution is 2.14. The van der Waals surface area contributed by atoms with E-state index in [0.29, 0.717) is 45.1 Å². The summed E-state index contributed by atoms with van der Waals surface area (Å²) in [6, 6.07) is -0.916. The molecule has 0 aromatic heterocycles. The molecular formula is C45H74N2O5. The predicted molar refractivity (Wildman–Crippen MR) is 220 cm³/mol. The van der Waals surface area contributed by atoms with Gasteiger partial charge in [0.25, 0.3) is 0 Å². The van der Waals surface area contributed by atoms with Gasteiger partial charge >= 0.3 is 11.9 Å². The van der Waals surface area contributed by atoms with Crippen molar-refractivity contribution in [3.63, 3.8) is 0 Å². The van der Waals surface area contributed by atoms with Crippen molar-refractivity contribution in [2.75, 3.05) is 6.54 Å². The zero-order chi connectivity index (χ0) is 38.2. The Kier molecular flexibility index (Phi) is 36.2. The van der Waals surface area contributed by atoms with Gasteiger partial charge in [-0.2, -0.15) is 0 Å². The average molecular weight is 723 g/mol. The minimum Gasteiger partial charge on any atom is -0.480 e. The molecule has 0 heterocycles. The fourth-order valence-corrected chi connectivity index (χ4v) is 5.36. The second-order valence-corrected chi connectivity index (χ2v) is 13.3. The number of allylic oxidation sites excluding steroid dienone is 13. The van der Waals surface area contributed by atoms with Crippen molar-refractivity contribution in [1.29, 1.82) is 0 Å².